The molecule has 0 heterocycles. The normalized spacial score (nSPS) is 13.6. The number of hydrogen-bond acceptors (Lipinski definition) is 3. The first-order valence-corrected chi connectivity index (χ1v) is 6.89. The second kappa shape index (κ2) is 6.99. The highest BCUT2D eigenvalue weighted by atomic mass is 31.2. The van der Waals surface area contributed by atoms with Crippen molar-refractivity contribution in [2.24, 2.45) is 5.92 Å². The zero-order valence-corrected chi connectivity index (χ0v) is 10.1. The van der Waals surface area contributed by atoms with E-state index < -0.39 is 7.60 Å². The van der Waals surface area contributed by atoms with E-state index in [0.29, 0.717) is 13.0 Å². The van der Waals surface area contributed by atoms with Crippen molar-refractivity contribution in [1.29, 1.82) is 0 Å². The minimum absolute atomic E-state index is 0.0901. The Kier molecular flexibility index (Phi) is 6.81. The fourth-order valence-electron chi connectivity index (χ4n) is 1.46. The summed E-state index contributed by atoms with van der Waals surface area (Å²) in [6.07, 6.45) is 1.28. The number of ether oxygens (including phenoxy) is 1. The molecule has 0 aromatic heterocycles. The van der Waals surface area contributed by atoms with E-state index in [0.717, 1.165) is 6.42 Å². The molecule has 0 aliphatic carbocycles. The Morgan fingerprint density at radius 2 is 2.00 bits per heavy atom. The van der Waals surface area contributed by atoms with E-state index >= 15 is 0 Å². The number of carbonyl (C=O) groups excluding carboxylic acids is 1. The molecular weight excluding hydrogens is 219 g/mol. The van der Waals surface area contributed by atoms with Crippen molar-refractivity contribution in [3.8, 4) is 0 Å². The molecule has 0 fully saturated rings. The molecule has 90 valence electrons. The number of esters is 1. The first kappa shape index (κ1) is 14.6. The average molecular weight is 238 g/mol. The van der Waals surface area contributed by atoms with Crippen LogP contribution in [0.3, 0.4) is 0 Å². The lowest BCUT2D eigenvalue weighted by molar-refractivity contribution is -0.144. The molecule has 0 aromatic carbocycles. The molecular formula is C9H19O5P. The van der Waals surface area contributed by atoms with Gasteiger partial charge in [-0.05, 0) is 19.3 Å². The van der Waals surface area contributed by atoms with Gasteiger partial charge in [-0.2, -0.15) is 0 Å². The van der Waals surface area contributed by atoms with Gasteiger partial charge in [0.05, 0.1) is 12.8 Å². The Morgan fingerprint density at radius 3 is 2.40 bits per heavy atom. The zero-order valence-electron chi connectivity index (χ0n) is 9.18. The first-order valence-electron chi connectivity index (χ1n) is 5.09. The van der Waals surface area contributed by atoms with Crippen molar-refractivity contribution in [3.05, 3.63) is 0 Å². The van der Waals surface area contributed by atoms with Gasteiger partial charge in [0, 0.05) is 6.42 Å². The standard InChI is InChI=1S/C9H19O5P/c1-3-5-8(7-15(11,12)13)6-9(10)14-4-2/h8H,3-7H2,1-2H3,(H2,11,12,13). The Bertz CT molecular complexity index is 235. The van der Waals surface area contributed by atoms with E-state index in [2.05, 4.69) is 0 Å². The monoisotopic (exact) mass is 238 g/mol. The van der Waals surface area contributed by atoms with Gasteiger partial charge in [0.25, 0.3) is 0 Å². The topological polar surface area (TPSA) is 83.8 Å². The van der Waals surface area contributed by atoms with Crippen LogP contribution in [0.15, 0.2) is 0 Å². The first-order chi connectivity index (χ1) is 6.89. The minimum atomic E-state index is -4.03. The second-order valence-corrected chi connectivity index (χ2v) is 5.21. The second-order valence-electron chi connectivity index (χ2n) is 3.51. The van der Waals surface area contributed by atoms with Crippen LogP contribution in [0.25, 0.3) is 0 Å². The highest BCUT2D eigenvalue weighted by molar-refractivity contribution is 7.51. The lowest BCUT2D eigenvalue weighted by Gasteiger charge is -2.15. The maximum Gasteiger partial charge on any atom is 0.325 e. The third-order valence-corrected chi connectivity index (χ3v) is 2.95. The van der Waals surface area contributed by atoms with Crippen LogP contribution in [0.2, 0.25) is 0 Å². The van der Waals surface area contributed by atoms with Gasteiger partial charge in [0.15, 0.2) is 0 Å². The number of hydrogen-bond donors (Lipinski definition) is 2. The molecule has 6 heteroatoms. The highest BCUT2D eigenvalue weighted by Gasteiger charge is 2.23. The van der Waals surface area contributed by atoms with Crippen molar-refractivity contribution < 1.29 is 23.9 Å². The molecule has 0 rings (SSSR count). The summed E-state index contributed by atoms with van der Waals surface area (Å²) in [5.74, 6) is -0.667. The summed E-state index contributed by atoms with van der Waals surface area (Å²) in [6, 6.07) is 0. The van der Waals surface area contributed by atoms with E-state index in [9.17, 15) is 9.36 Å². The predicted molar refractivity (Wildman–Crippen MR) is 56.6 cm³/mol. The third-order valence-electron chi connectivity index (χ3n) is 1.95. The quantitative estimate of drug-likeness (QED) is 0.519. The number of carbonyl (C=O) groups is 1. The van der Waals surface area contributed by atoms with Crippen molar-refractivity contribution in [1.82, 2.24) is 0 Å². The van der Waals surface area contributed by atoms with E-state index in [1.807, 2.05) is 6.92 Å². The average Bonchev–Trinajstić information content (AvgIpc) is 2.01. The van der Waals surface area contributed by atoms with Crippen LogP contribution in [0.1, 0.15) is 33.1 Å². The molecule has 1 atom stereocenters. The molecule has 0 radical (unpaired) electrons. The van der Waals surface area contributed by atoms with Gasteiger partial charge >= 0.3 is 13.6 Å². The van der Waals surface area contributed by atoms with Gasteiger partial charge in [-0.25, -0.2) is 0 Å². The van der Waals surface area contributed by atoms with Crippen molar-refractivity contribution in [3.63, 3.8) is 0 Å². The summed E-state index contributed by atoms with van der Waals surface area (Å²) >= 11 is 0. The fraction of sp³-hybridized carbons (Fsp3) is 0.889. The van der Waals surface area contributed by atoms with Crippen LogP contribution in [-0.2, 0) is 14.1 Å². The maximum atomic E-state index is 11.1. The molecule has 1 unspecified atom stereocenters. The molecule has 0 amide bonds. The van der Waals surface area contributed by atoms with Crippen molar-refractivity contribution in [2.75, 3.05) is 12.8 Å². The molecule has 0 aliphatic heterocycles. The molecule has 0 aromatic rings. The van der Waals surface area contributed by atoms with E-state index in [1.165, 1.54) is 0 Å². The van der Waals surface area contributed by atoms with Gasteiger partial charge in [-0.3, -0.25) is 9.36 Å². The lowest BCUT2D eigenvalue weighted by atomic mass is 10.0. The van der Waals surface area contributed by atoms with Gasteiger partial charge in [-0.1, -0.05) is 13.3 Å². The molecule has 5 nitrogen and oxygen atoms in total. The van der Waals surface area contributed by atoms with Crippen LogP contribution < -0.4 is 0 Å². The summed E-state index contributed by atoms with van der Waals surface area (Å²) in [7, 11) is -4.03. The fourth-order valence-corrected chi connectivity index (χ4v) is 2.44. The summed E-state index contributed by atoms with van der Waals surface area (Å²) < 4.78 is 15.5. The third kappa shape index (κ3) is 8.60. The molecule has 0 saturated heterocycles. The Hall–Kier alpha value is -0.380. The molecule has 0 spiro atoms. The van der Waals surface area contributed by atoms with Gasteiger partial charge in [0.2, 0.25) is 0 Å². The summed E-state index contributed by atoms with van der Waals surface area (Å²) in [5, 5.41) is 0. The summed E-state index contributed by atoms with van der Waals surface area (Å²) in [6.45, 7) is 3.92. The minimum Gasteiger partial charge on any atom is -0.466 e. The van der Waals surface area contributed by atoms with Crippen LogP contribution in [0.4, 0.5) is 0 Å². The zero-order chi connectivity index (χ0) is 11.9. The van der Waals surface area contributed by atoms with Crippen LogP contribution in [0.5, 0.6) is 0 Å². The molecule has 2 N–H and O–H groups in total. The SMILES string of the molecule is CCCC(CC(=O)OCC)CP(=O)(O)O. The highest BCUT2D eigenvalue weighted by Crippen LogP contribution is 2.39. The smallest absolute Gasteiger partial charge is 0.325 e. The molecule has 0 aliphatic rings. The predicted octanol–water partition coefficient (Wildman–Crippen LogP) is 1.53. The number of rotatable bonds is 7. The summed E-state index contributed by atoms with van der Waals surface area (Å²) in [5.41, 5.74) is 0. The lowest BCUT2D eigenvalue weighted by Crippen LogP contribution is -2.15. The molecule has 0 saturated carbocycles. The Balaban J connectivity index is 4.15. The van der Waals surface area contributed by atoms with E-state index in [4.69, 9.17) is 14.5 Å². The van der Waals surface area contributed by atoms with Crippen LogP contribution in [0, 0.1) is 5.92 Å². The largest absolute Gasteiger partial charge is 0.466 e. The van der Waals surface area contributed by atoms with E-state index in [1.54, 1.807) is 6.92 Å². The van der Waals surface area contributed by atoms with Crippen LogP contribution in [-0.4, -0.2) is 28.5 Å². The van der Waals surface area contributed by atoms with Crippen molar-refractivity contribution >= 4 is 13.6 Å². The Morgan fingerprint density at radius 1 is 1.40 bits per heavy atom. The molecule has 15 heavy (non-hydrogen) atoms. The van der Waals surface area contributed by atoms with Gasteiger partial charge in [0.1, 0.15) is 0 Å². The van der Waals surface area contributed by atoms with Crippen LogP contribution >= 0.6 is 7.60 Å². The summed E-state index contributed by atoms with van der Waals surface area (Å²) in [4.78, 5) is 28.8. The van der Waals surface area contributed by atoms with Crippen molar-refractivity contribution in [2.45, 2.75) is 33.1 Å². The molecule has 0 bridgehead atoms. The van der Waals surface area contributed by atoms with Gasteiger partial charge < -0.3 is 14.5 Å². The maximum absolute atomic E-state index is 11.1. The van der Waals surface area contributed by atoms with E-state index in [-0.39, 0.29) is 24.5 Å². The van der Waals surface area contributed by atoms with Gasteiger partial charge in [-0.15, -0.1) is 0 Å². The Labute approximate surface area is 90.0 Å².